The van der Waals surface area contributed by atoms with Gasteiger partial charge < -0.3 is 15.7 Å². The second-order valence-corrected chi connectivity index (χ2v) is 6.90. The zero-order valence-corrected chi connectivity index (χ0v) is 13.6. The van der Waals surface area contributed by atoms with Crippen LogP contribution in [0.2, 0.25) is 5.02 Å². The number of fused-ring (bicyclic) bond motifs is 2. The van der Waals surface area contributed by atoms with Crippen LogP contribution in [0.25, 0.3) is 0 Å². The van der Waals surface area contributed by atoms with Crippen LogP contribution in [0.3, 0.4) is 0 Å². The van der Waals surface area contributed by atoms with E-state index in [-0.39, 0.29) is 36.9 Å². The Hall–Kier alpha value is -1.59. The number of benzene rings is 1. The highest BCUT2D eigenvalue weighted by Gasteiger charge is 2.47. The minimum absolute atomic E-state index is 0.0364. The number of halogens is 1. The van der Waals surface area contributed by atoms with E-state index in [1.54, 1.807) is 24.3 Å². The molecule has 2 amide bonds. The van der Waals surface area contributed by atoms with Gasteiger partial charge in [-0.3, -0.25) is 9.59 Å². The zero-order chi connectivity index (χ0) is 16.4. The highest BCUT2D eigenvalue weighted by atomic mass is 35.5. The molecular formula is C17H21ClN2O3. The molecule has 2 saturated carbocycles. The molecule has 4 unspecified atom stereocenters. The molecule has 124 valence electrons. The van der Waals surface area contributed by atoms with Crippen LogP contribution in [0.15, 0.2) is 24.3 Å². The second kappa shape index (κ2) is 6.89. The minimum atomic E-state index is -0.325. The van der Waals surface area contributed by atoms with E-state index in [4.69, 9.17) is 11.6 Å². The van der Waals surface area contributed by atoms with Gasteiger partial charge in [-0.25, -0.2) is 0 Å². The van der Waals surface area contributed by atoms with Gasteiger partial charge in [-0.1, -0.05) is 17.7 Å². The van der Waals surface area contributed by atoms with Crippen molar-refractivity contribution < 1.29 is 14.7 Å². The number of hydrogen-bond acceptors (Lipinski definition) is 3. The molecule has 2 aliphatic carbocycles. The second-order valence-electron chi connectivity index (χ2n) is 6.47. The highest BCUT2D eigenvalue weighted by molar-refractivity contribution is 6.30. The molecule has 2 fully saturated rings. The van der Waals surface area contributed by atoms with Gasteiger partial charge in [0.2, 0.25) is 5.91 Å². The third-order valence-corrected chi connectivity index (χ3v) is 5.36. The predicted molar refractivity (Wildman–Crippen MR) is 87.1 cm³/mol. The van der Waals surface area contributed by atoms with Crippen molar-refractivity contribution in [3.63, 3.8) is 0 Å². The highest BCUT2D eigenvalue weighted by Crippen LogP contribution is 2.48. The summed E-state index contributed by atoms with van der Waals surface area (Å²) >= 11 is 5.85. The van der Waals surface area contributed by atoms with E-state index in [0.29, 0.717) is 22.4 Å². The summed E-state index contributed by atoms with van der Waals surface area (Å²) in [5.41, 5.74) is 0.429. The quantitative estimate of drug-likeness (QED) is 0.764. The van der Waals surface area contributed by atoms with Crippen molar-refractivity contribution in [2.75, 3.05) is 13.2 Å². The Morgan fingerprint density at radius 3 is 2.78 bits per heavy atom. The number of aliphatic hydroxyl groups is 1. The fraction of sp³-hybridized carbons (Fsp3) is 0.529. The van der Waals surface area contributed by atoms with Gasteiger partial charge in [0.25, 0.3) is 5.91 Å². The predicted octanol–water partition coefficient (Wildman–Crippen LogP) is 1.59. The first kappa shape index (κ1) is 16.3. The van der Waals surface area contributed by atoms with Crippen LogP contribution in [-0.2, 0) is 4.79 Å². The number of rotatable bonds is 5. The fourth-order valence-corrected chi connectivity index (χ4v) is 4.22. The molecule has 0 aromatic heterocycles. The van der Waals surface area contributed by atoms with E-state index < -0.39 is 0 Å². The van der Waals surface area contributed by atoms with Gasteiger partial charge in [0, 0.05) is 29.2 Å². The van der Waals surface area contributed by atoms with Crippen molar-refractivity contribution in [3.05, 3.63) is 34.9 Å². The summed E-state index contributed by atoms with van der Waals surface area (Å²) in [6, 6.07) is 6.63. The first-order valence-electron chi connectivity index (χ1n) is 8.02. The van der Waals surface area contributed by atoms with Gasteiger partial charge in [-0.2, -0.15) is 0 Å². The molecule has 0 heterocycles. The lowest BCUT2D eigenvalue weighted by Crippen LogP contribution is -2.48. The van der Waals surface area contributed by atoms with E-state index in [1.807, 2.05) is 0 Å². The maximum Gasteiger partial charge on any atom is 0.251 e. The molecule has 23 heavy (non-hydrogen) atoms. The average Bonchev–Trinajstić information content (AvgIpc) is 3.13. The zero-order valence-electron chi connectivity index (χ0n) is 12.8. The Balaban J connectivity index is 1.51. The molecule has 5 nitrogen and oxygen atoms in total. The van der Waals surface area contributed by atoms with Crippen molar-refractivity contribution in [3.8, 4) is 0 Å². The van der Waals surface area contributed by atoms with E-state index in [9.17, 15) is 14.7 Å². The molecule has 1 aromatic rings. The third kappa shape index (κ3) is 3.51. The van der Waals surface area contributed by atoms with Gasteiger partial charge in [-0.15, -0.1) is 0 Å². The number of carbonyl (C=O) groups excluding carboxylic acids is 2. The molecule has 0 spiro atoms. The van der Waals surface area contributed by atoms with E-state index in [0.717, 1.165) is 19.3 Å². The molecule has 3 rings (SSSR count). The van der Waals surface area contributed by atoms with Crippen molar-refractivity contribution in [1.82, 2.24) is 10.6 Å². The smallest absolute Gasteiger partial charge is 0.251 e. The molecule has 6 heteroatoms. The molecule has 1 aromatic carbocycles. The Morgan fingerprint density at radius 1 is 1.26 bits per heavy atom. The van der Waals surface area contributed by atoms with E-state index >= 15 is 0 Å². The van der Waals surface area contributed by atoms with Crippen LogP contribution in [0.4, 0.5) is 0 Å². The van der Waals surface area contributed by atoms with Crippen LogP contribution in [0, 0.1) is 17.8 Å². The summed E-state index contributed by atoms with van der Waals surface area (Å²) in [6.45, 7) is 0.0400. The Bertz CT molecular complexity index is 607. The van der Waals surface area contributed by atoms with Gasteiger partial charge in [0.1, 0.15) is 0 Å². The molecular weight excluding hydrogens is 316 g/mol. The molecule has 3 N–H and O–H groups in total. The maximum absolute atomic E-state index is 12.1. The molecule has 2 bridgehead atoms. The van der Waals surface area contributed by atoms with Crippen LogP contribution < -0.4 is 10.6 Å². The van der Waals surface area contributed by atoms with Gasteiger partial charge in [-0.05, 0) is 49.3 Å². The topological polar surface area (TPSA) is 78.4 Å². The lowest BCUT2D eigenvalue weighted by Gasteiger charge is -2.30. The molecule has 4 atom stereocenters. The molecule has 0 saturated heterocycles. The summed E-state index contributed by atoms with van der Waals surface area (Å²) in [4.78, 5) is 24.1. The molecule has 2 aliphatic rings. The van der Waals surface area contributed by atoms with E-state index in [2.05, 4.69) is 10.6 Å². The standard InChI is InChI=1S/C17H21ClN2O3/c18-13-3-1-2-12(7-13)17(23)19-8-15(22)20-16-11-5-4-10(6-11)14(16)9-21/h1-3,7,10-11,14,16,21H,4-6,8-9H2,(H,19,23)(H,20,22). The van der Waals surface area contributed by atoms with Gasteiger partial charge in [0.05, 0.1) is 6.54 Å². The fourth-order valence-electron chi connectivity index (χ4n) is 4.03. The molecule has 0 radical (unpaired) electrons. The largest absolute Gasteiger partial charge is 0.396 e. The monoisotopic (exact) mass is 336 g/mol. The Labute approximate surface area is 140 Å². The molecule has 0 aliphatic heterocycles. The van der Waals surface area contributed by atoms with Crippen molar-refractivity contribution in [2.45, 2.75) is 25.3 Å². The van der Waals surface area contributed by atoms with Crippen molar-refractivity contribution in [2.24, 2.45) is 17.8 Å². The van der Waals surface area contributed by atoms with Gasteiger partial charge >= 0.3 is 0 Å². The summed E-state index contributed by atoms with van der Waals surface area (Å²) in [6.07, 6.45) is 3.35. The van der Waals surface area contributed by atoms with E-state index in [1.165, 1.54) is 0 Å². The van der Waals surface area contributed by atoms with Crippen molar-refractivity contribution >= 4 is 23.4 Å². The third-order valence-electron chi connectivity index (χ3n) is 5.12. The number of hydrogen-bond donors (Lipinski definition) is 3. The number of aliphatic hydroxyl groups excluding tert-OH is 1. The Morgan fingerprint density at radius 2 is 2.04 bits per heavy atom. The first-order valence-corrected chi connectivity index (χ1v) is 8.40. The summed E-state index contributed by atoms with van der Waals surface area (Å²) < 4.78 is 0. The number of amides is 2. The van der Waals surface area contributed by atoms with Crippen LogP contribution in [0.5, 0.6) is 0 Å². The maximum atomic E-state index is 12.1. The van der Waals surface area contributed by atoms with Crippen LogP contribution >= 0.6 is 11.6 Å². The summed E-state index contributed by atoms with van der Waals surface area (Å²) in [7, 11) is 0. The van der Waals surface area contributed by atoms with Crippen LogP contribution in [-0.4, -0.2) is 36.1 Å². The normalized spacial score (nSPS) is 28.6. The first-order chi connectivity index (χ1) is 11.1. The number of carbonyl (C=O) groups is 2. The lowest BCUT2D eigenvalue weighted by molar-refractivity contribution is -0.121. The summed E-state index contributed by atoms with van der Waals surface area (Å²) in [5, 5.41) is 15.6. The minimum Gasteiger partial charge on any atom is -0.396 e. The summed E-state index contributed by atoms with van der Waals surface area (Å²) in [5.74, 6) is 0.605. The SMILES string of the molecule is O=C(CNC(=O)c1cccc(Cl)c1)NC1C2CCC(C2)C1CO. The number of nitrogens with one attached hydrogen (secondary N) is 2. The van der Waals surface area contributed by atoms with Gasteiger partial charge in [0.15, 0.2) is 0 Å². The Kier molecular flexibility index (Phi) is 4.87. The lowest BCUT2D eigenvalue weighted by atomic mass is 9.85. The average molecular weight is 337 g/mol. The van der Waals surface area contributed by atoms with Crippen molar-refractivity contribution in [1.29, 1.82) is 0 Å². The van der Waals surface area contributed by atoms with Crippen LogP contribution in [0.1, 0.15) is 29.6 Å².